The zero-order chi connectivity index (χ0) is 20.9. The molecule has 0 amide bonds. The van der Waals surface area contributed by atoms with Gasteiger partial charge in [0.15, 0.2) is 0 Å². The first-order valence-corrected chi connectivity index (χ1v) is 10.7. The van der Waals surface area contributed by atoms with Crippen molar-refractivity contribution >= 4 is 39.1 Å². The summed E-state index contributed by atoms with van der Waals surface area (Å²) in [5, 5.41) is 10.3. The van der Waals surface area contributed by atoms with E-state index in [1.165, 1.54) is 18.2 Å². The number of ether oxygens (including phenoxy) is 1. The summed E-state index contributed by atoms with van der Waals surface area (Å²) in [5.41, 5.74) is 1.44. The maximum atomic E-state index is 12.6. The first-order chi connectivity index (χ1) is 13.9. The average molecular weight is 444 g/mol. The minimum atomic E-state index is -3.87. The predicted molar refractivity (Wildman–Crippen MR) is 114 cm³/mol. The van der Waals surface area contributed by atoms with Crippen LogP contribution in [0.1, 0.15) is 11.1 Å². The summed E-state index contributed by atoms with van der Waals surface area (Å²) < 4.78 is 30.9. The number of rotatable bonds is 6. The molecule has 0 aliphatic rings. The molecule has 3 aromatic carbocycles. The van der Waals surface area contributed by atoms with E-state index in [0.29, 0.717) is 28.0 Å². The molecular formula is C22H15Cl2NO3S. The molecule has 0 aromatic heterocycles. The molecule has 0 unspecified atom stereocenters. The van der Waals surface area contributed by atoms with Crippen molar-refractivity contribution in [2.45, 2.75) is 11.5 Å². The van der Waals surface area contributed by atoms with Crippen LogP contribution in [0.2, 0.25) is 10.0 Å². The van der Waals surface area contributed by atoms with Crippen molar-refractivity contribution < 1.29 is 13.2 Å². The zero-order valence-corrected chi connectivity index (χ0v) is 17.4. The van der Waals surface area contributed by atoms with E-state index in [0.717, 1.165) is 5.56 Å². The second-order valence-electron chi connectivity index (χ2n) is 6.04. The number of halogens is 2. The molecule has 7 heteroatoms. The molecule has 3 aromatic rings. The molecule has 0 aliphatic heterocycles. The summed E-state index contributed by atoms with van der Waals surface area (Å²) in [6, 6.07) is 21.7. The SMILES string of the molecule is N#CC(=Cc1ccc(OCc2ccc(Cl)c(Cl)c2)cc1)S(=O)(=O)c1ccccc1. The minimum Gasteiger partial charge on any atom is -0.489 e. The van der Waals surface area contributed by atoms with Crippen molar-refractivity contribution in [1.29, 1.82) is 5.26 Å². The van der Waals surface area contributed by atoms with Gasteiger partial charge < -0.3 is 4.74 Å². The summed E-state index contributed by atoms with van der Waals surface area (Å²) in [6.07, 6.45) is 1.34. The fraction of sp³-hybridized carbons (Fsp3) is 0.0455. The highest BCUT2D eigenvalue weighted by Crippen LogP contribution is 2.24. The highest BCUT2D eigenvalue weighted by atomic mass is 35.5. The largest absolute Gasteiger partial charge is 0.489 e. The van der Waals surface area contributed by atoms with Crippen LogP contribution in [0.3, 0.4) is 0 Å². The molecule has 4 nitrogen and oxygen atoms in total. The zero-order valence-electron chi connectivity index (χ0n) is 15.0. The number of nitrogens with zero attached hydrogens (tertiary/aromatic N) is 1. The average Bonchev–Trinajstić information content (AvgIpc) is 2.74. The maximum Gasteiger partial charge on any atom is 0.216 e. The van der Waals surface area contributed by atoms with E-state index in [9.17, 15) is 13.7 Å². The van der Waals surface area contributed by atoms with Crippen molar-refractivity contribution in [3.8, 4) is 11.8 Å². The van der Waals surface area contributed by atoms with Gasteiger partial charge in [-0.2, -0.15) is 5.26 Å². The molecule has 0 spiro atoms. The monoisotopic (exact) mass is 443 g/mol. The number of nitriles is 1. The van der Waals surface area contributed by atoms with Gasteiger partial charge in [0, 0.05) is 0 Å². The third-order valence-electron chi connectivity index (χ3n) is 4.02. The van der Waals surface area contributed by atoms with Gasteiger partial charge in [-0.1, -0.05) is 59.6 Å². The summed E-state index contributed by atoms with van der Waals surface area (Å²) in [5.74, 6) is 0.595. The summed E-state index contributed by atoms with van der Waals surface area (Å²) >= 11 is 11.9. The molecule has 0 radical (unpaired) electrons. The number of allylic oxidation sites excluding steroid dienone is 1. The highest BCUT2D eigenvalue weighted by molar-refractivity contribution is 7.95. The maximum absolute atomic E-state index is 12.6. The van der Waals surface area contributed by atoms with Gasteiger partial charge in [0.2, 0.25) is 9.84 Å². The van der Waals surface area contributed by atoms with Gasteiger partial charge in [-0.3, -0.25) is 0 Å². The van der Waals surface area contributed by atoms with Crippen molar-refractivity contribution in [2.75, 3.05) is 0 Å². The summed E-state index contributed by atoms with van der Waals surface area (Å²) in [4.78, 5) is -0.248. The van der Waals surface area contributed by atoms with Gasteiger partial charge in [-0.15, -0.1) is 0 Å². The second-order valence-corrected chi connectivity index (χ2v) is 8.78. The van der Waals surface area contributed by atoms with E-state index in [4.69, 9.17) is 27.9 Å². The molecule has 3 rings (SSSR count). The minimum absolute atomic E-state index is 0.0781. The molecule has 0 saturated carbocycles. The van der Waals surface area contributed by atoms with Crippen LogP contribution >= 0.6 is 23.2 Å². The lowest BCUT2D eigenvalue weighted by Crippen LogP contribution is -2.03. The molecule has 0 saturated heterocycles. The lowest BCUT2D eigenvalue weighted by Gasteiger charge is -2.08. The number of hydrogen-bond donors (Lipinski definition) is 0. The molecule has 146 valence electrons. The quantitative estimate of drug-likeness (QED) is 0.444. The number of benzene rings is 3. The van der Waals surface area contributed by atoms with Crippen LogP contribution in [0.4, 0.5) is 0 Å². The van der Waals surface area contributed by atoms with Crippen LogP contribution in [-0.2, 0) is 16.4 Å². The van der Waals surface area contributed by atoms with E-state index in [-0.39, 0.29) is 9.80 Å². The van der Waals surface area contributed by atoms with E-state index < -0.39 is 9.84 Å². The van der Waals surface area contributed by atoms with Crippen LogP contribution in [0.15, 0.2) is 82.6 Å². The van der Waals surface area contributed by atoms with Crippen LogP contribution in [0.25, 0.3) is 6.08 Å². The fourth-order valence-corrected chi connectivity index (χ4v) is 4.01. The molecule has 0 atom stereocenters. The number of hydrogen-bond acceptors (Lipinski definition) is 4. The summed E-state index contributed by atoms with van der Waals surface area (Å²) in [6.45, 7) is 0.303. The first kappa shape index (κ1) is 20.9. The van der Waals surface area contributed by atoms with Gasteiger partial charge in [0.1, 0.15) is 23.3 Å². The Morgan fingerprint density at radius 3 is 2.28 bits per heavy atom. The Kier molecular flexibility index (Phi) is 6.60. The Bertz CT molecular complexity index is 1180. The lowest BCUT2D eigenvalue weighted by molar-refractivity contribution is 0.306. The molecular weight excluding hydrogens is 429 g/mol. The molecule has 0 fully saturated rings. The predicted octanol–water partition coefficient (Wildman–Crippen LogP) is 5.91. The first-order valence-electron chi connectivity index (χ1n) is 8.49. The normalized spacial score (nSPS) is 11.7. The Labute approximate surface area is 179 Å². The van der Waals surface area contributed by atoms with Crippen LogP contribution in [0, 0.1) is 11.3 Å². The van der Waals surface area contributed by atoms with Gasteiger partial charge in [-0.05, 0) is 53.6 Å². The van der Waals surface area contributed by atoms with Crippen LogP contribution in [-0.4, -0.2) is 8.42 Å². The van der Waals surface area contributed by atoms with Gasteiger partial charge in [0.25, 0.3) is 0 Å². The molecule has 0 N–H and O–H groups in total. The molecule has 0 heterocycles. The topological polar surface area (TPSA) is 67.2 Å². The third-order valence-corrected chi connectivity index (χ3v) is 6.44. The van der Waals surface area contributed by atoms with Crippen molar-refractivity contribution in [3.05, 3.63) is 98.9 Å². The van der Waals surface area contributed by atoms with Gasteiger partial charge in [-0.25, -0.2) is 8.42 Å². The van der Waals surface area contributed by atoms with Crippen LogP contribution in [0.5, 0.6) is 5.75 Å². The van der Waals surface area contributed by atoms with Crippen molar-refractivity contribution in [2.24, 2.45) is 0 Å². The Morgan fingerprint density at radius 1 is 0.966 bits per heavy atom. The number of sulfone groups is 1. The summed E-state index contributed by atoms with van der Waals surface area (Å²) in [7, 11) is -3.87. The smallest absolute Gasteiger partial charge is 0.216 e. The molecule has 0 bridgehead atoms. The van der Waals surface area contributed by atoms with E-state index in [2.05, 4.69) is 0 Å². The van der Waals surface area contributed by atoms with Crippen molar-refractivity contribution in [1.82, 2.24) is 0 Å². The molecule has 0 aliphatic carbocycles. The second kappa shape index (κ2) is 9.15. The third kappa shape index (κ3) is 5.18. The van der Waals surface area contributed by atoms with E-state index >= 15 is 0 Å². The highest BCUT2D eigenvalue weighted by Gasteiger charge is 2.20. The Hall–Kier alpha value is -2.78. The van der Waals surface area contributed by atoms with Gasteiger partial charge in [0.05, 0.1) is 14.9 Å². The van der Waals surface area contributed by atoms with Gasteiger partial charge >= 0.3 is 0 Å². The van der Waals surface area contributed by atoms with Crippen molar-refractivity contribution in [3.63, 3.8) is 0 Å². The Morgan fingerprint density at radius 2 is 1.66 bits per heavy atom. The lowest BCUT2D eigenvalue weighted by atomic mass is 10.2. The van der Waals surface area contributed by atoms with E-state index in [1.54, 1.807) is 60.7 Å². The fourth-order valence-electron chi connectivity index (χ4n) is 2.50. The van der Waals surface area contributed by atoms with Crippen LogP contribution < -0.4 is 4.74 Å². The Balaban J connectivity index is 1.75. The van der Waals surface area contributed by atoms with E-state index in [1.807, 2.05) is 6.07 Å². The molecule has 29 heavy (non-hydrogen) atoms. The standard InChI is InChI=1S/C22H15Cl2NO3S/c23-21-11-8-17(13-22(21)24)15-28-18-9-6-16(7-10-18)12-20(14-25)29(26,27)19-4-2-1-3-5-19/h1-13H,15H2.